The molecular weight excluding hydrogens is 150 g/mol. The molecule has 64 valence electrons. The number of hydrogen-bond acceptors (Lipinski definition) is 2. The first-order valence-corrected chi connectivity index (χ1v) is 4.12. The SMILES string of the molecule is CCNCCC#Cc1ccn[nH]1. The van der Waals surface area contributed by atoms with Crippen LogP contribution < -0.4 is 5.32 Å². The molecule has 0 atom stereocenters. The van der Waals surface area contributed by atoms with Gasteiger partial charge in [-0.15, -0.1) is 0 Å². The van der Waals surface area contributed by atoms with Gasteiger partial charge in [-0.2, -0.15) is 5.10 Å². The highest BCUT2D eigenvalue weighted by molar-refractivity contribution is 5.25. The van der Waals surface area contributed by atoms with Crippen LogP contribution >= 0.6 is 0 Å². The van der Waals surface area contributed by atoms with Crippen molar-refractivity contribution < 1.29 is 0 Å². The van der Waals surface area contributed by atoms with Crippen LogP contribution in [0.1, 0.15) is 19.0 Å². The van der Waals surface area contributed by atoms with Gasteiger partial charge in [0.25, 0.3) is 0 Å². The maximum atomic E-state index is 3.79. The van der Waals surface area contributed by atoms with E-state index < -0.39 is 0 Å². The molecule has 0 amide bonds. The molecule has 3 heteroatoms. The second-order valence-electron chi connectivity index (χ2n) is 2.38. The number of H-pyrrole nitrogens is 1. The fourth-order valence-electron chi connectivity index (χ4n) is 0.811. The molecule has 0 aliphatic heterocycles. The van der Waals surface area contributed by atoms with Crippen LogP contribution in [0.5, 0.6) is 0 Å². The number of aromatic amines is 1. The summed E-state index contributed by atoms with van der Waals surface area (Å²) >= 11 is 0. The van der Waals surface area contributed by atoms with Crippen LogP contribution in [0.15, 0.2) is 12.3 Å². The monoisotopic (exact) mass is 163 g/mol. The molecule has 0 fully saturated rings. The zero-order valence-electron chi connectivity index (χ0n) is 7.22. The van der Waals surface area contributed by atoms with Gasteiger partial charge in [-0.05, 0) is 18.5 Å². The van der Waals surface area contributed by atoms with Gasteiger partial charge >= 0.3 is 0 Å². The molecule has 1 aromatic heterocycles. The first kappa shape index (κ1) is 8.82. The normalized spacial score (nSPS) is 9.08. The van der Waals surface area contributed by atoms with Crippen LogP contribution in [0.3, 0.4) is 0 Å². The Morgan fingerprint density at radius 1 is 1.67 bits per heavy atom. The lowest BCUT2D eigenvalue weighted by Crippen LogP contribution is -2.13. The van der Waals surface area contributed by atoms with E-state index in [1.807, 2.05) is 6.07 Å². The highest BCUT2D eigenvalue weighted by Crippen LogP contribution is 1.86. The van der Waals surface area contributed by atoms with Crippen molar-refractivity contribution in [2.24, 2.45) is 0 Å². The predicted octanol–water partition coefficient (Wildman–Crippen LogP) is 0.761. The molecule has 3 nitrogen and oxygen atoms in total. The molecule has 0 aromatic carbocycles. The summed E-state index contributed by atoms with van der Waals surface area (Å²) in [7, 11) is 0. The largest absolute Gasteiger partial charge is 0.316 e. The van der Waals surface area contributed by atoms with Gasteiger partial charge in [0.1, 0.15) is 5.69 Å². The number of hydrogen-bond donors (Lipinski definition) is 2. The van der Waals surface area contributed by atoms with E-state index >= 15 is 0 Å². The fraction of sp³-hybridized carbons (Fsp3) is 0.444. The van der Waals surface area contributed by atoms with Crippen LogP contribution in [0, 0.1) is 11.8 Å². The Bertz CT molecular complexity index is 253. The van der Waals surface area contributed by atoms with Crippen LogP contribution in [-0.4, -0.2) is 23.3 Å². The van der Waals surface area contributed by atoms with Crippen LogP contribution in [0.4, 0.5) is 0 Å². The van der Waals surface area contributed by atoms with Crippen molar-refractivity contribution in [3.8, 4) is 11.8 Å². The van der Waals surface area contributed by atoms with Crippen molar-refractivity contribution in [1.29, 1.82) is 0 Å². The Balaban J connectivity index is 2.21. The van der Waals surface area contributed by atoms with Crippen molar-refractivity contribution in [1.82, 2.24) is 15.5 Å². The Labute approximate surface area is 72.6 Å². The first-order valence-electron chi connectivity index (χ1n) is 4.12. The molecule has 12 heavy (non-hydrogen) atoms. The van der Waals surface area contributed by atoms with Gasteiger partial charge in [-0.25, -0.2) is 0 Å². The zero-order chi connectivity index (χ0) is 8.65. The standard InChI is InChI=1S/C9H13N3/c1-2-10-7-4-3-5-9-6-8-11-12-9/h6,8,10H,2,4,7H2,1H3,(H,11,12). The summed E-state index contributed by atoms with van der Waals surface area (Å²) in [5, 5.41) is 9.78. The average Bonchev–Trinajstić information content (AvgIpc) is 2.57. The van der Waals surface area contributed by atoms with Crippen molar-refractivity contribution in [2.75, 3.05) is 13.1 Å². The van der Waals surface area contributed by atoms with Gasteiger partial charge in [-0.1, -0.05) is 12.8 Å². The predicted molar refractivity (Wildman–Crippen MR) is 48.6 cm³/mol. The van der Waals surface area contributed by atoms with Crippen LogP contribution in [0.25, 0.3) is 0 Å². The molecule has 0 unspecified atom stereocenters. The summed E-state index contributed by atoms with van der Waals surface area (Å²) in [5.41, 5.74) is 0.881. The molecule has 0 saturated carbocycles. The van der Waals surface area contributed by atoms with Crippen molar-refractivity contribution in [3.05, 3.63) is 18.0 Å². The first-order chi connectivity index (χ1) is 5.93. The Kier molecular flexibility index (Phi) is 3.96. The van der Waals surface area contributed by atoms with E-state index in [0.717, 1.165) is 25.2 Å². The second-order valence-corrected chi connectivity index (χ2v) is 2.38. The van der Waals surface area contributed by atoms with Crippen LogP contribution in [0.2, 0.25) is 0 Å². The van der Waals surface area contributed by atoms with E-state index in [1.165, 1.54) is 0 Å². The summed E-state index contributed by atoms with van der Waals surface area (Å²) in [4.78, 5) is 0. The summed E-state index contributed by atoms with van der Waals surface area (Å²) in [5.74, 6) is 6.01. The van der Waals surface area contributed by atoms with Gasteiger partial charge in [-0.3, -0.25) is 5.10 Å². The molecule has 0 aliphatic carbocycles. The smallest absolute Gasteiger partial charge is 0.107 e. The lowest BCUT2D eigenvalue weighted by molar-refractivity contribution is 0.733. The third-order valence-electron chi connectivity index (χ3n) is 1.40. The minimum absolute atomic E-state index is 0.881. The third kappa shape index (κ3) is 3.22. The molecule has 0 saturated heterocycles. The highest BCUT2D eigenvalue weighted by atomic mass is 15.1. The third-order valence-corrected chi connectivity index (χ3v) is 1.40. The van der Waals surface area contributed by atoms with Crippen LogP contribution in [-0.2, 0) is 0 Å². The molecule has 2 N–H and O–H groups in total. The van der Waals surface area contributed by atoms with E-state index in [4.69, 9.17) is 0 Å². The van der Waals surface area contributed by atoms with E-state index in [1.54, 1.807) is 6.20 Å². The Morgan fingerprint density at radius 2 is 2.58 bits per heavy atom. The quantitative estimate of drug-likeness (QED) is 0.510. The topological polar surface area (TPSA) is 40.7 Å². The Hall–Kier alpha value is -1.27. The highest BCUT2D eigenvalue weighted by Gasteiger charge is 1.83. The average molecular weight is 163 g/mol. The molecular formula is C9H13N3. The van der Waals surface area contributed by atoms with E-state index in [2.05, 4.69) is 34.3 Å². The summed E-state index contributed by atoms with van der Waals surface area (Å²) in [6, 6.07) is 1.86. The summed E-state index contributed by atoms with van der Waals surface area (Å²) in [6.45, 7) is 4.05. The van der Waals surface area contributed by atoms with Gasteiger partial charge in [0.2, 0.25) is 0 Å². The van der Waals surface area contributed by atoms with E-state index in [9.17, 15) is 0 Å². The zero-order valence-corrected chi connectivity index (χ0v) is 7.22. The van der Waals surface area contributed by atoms with Gasteiger partial charge in [0.15, 0.2) is 0 Å². The van der Waals surface area contributed by atoms with E-state index in [0.29, 0.717) is 0 Å². The number of nitrogens with one attached hydrogen (secondary N) is 2. The molecule has 1 heterocycles. The summed E-state index contributed by atoms with van der Waals surface area (Å²) < 4.78 is 0. The number of aromatic nitrogens is 2. The maximum absolute atomic E-state index is 3.79. The molecule has 0 spiro atoms. The van der Waals surface area contributed by atoms with Crippen molar-refractivity contribution in [2.45, 2.75) is 13.3 Å². The maximum Gasteiger partial charge on any atom is 0.107 e. The Morgan fingerprint density at radius 3 is 3.25 bits per heavy atom. The summed E-state index contributed by atoms with van der Waals surface area (Å²) in [6.07, 6.45) is 2.58. The molecule has 1 rings (SSSR count). The van der Waals surface area contributed by atoms with Crippen molar-refractivity contribution in [3.63, 3.8) is 0 Å². The number of nitrogens with zero attached hydrogens (tertiary/aromatic N) is 1. The van der Waals surface area contributed by atoms with E-state index in [-0.39, 0.29) is 0 Å². The van der Waals surface area contributed by atoms with Gasteiger partial charge in [0.05, 0.1) is 0 Å². The number of rotatable bonds is 3. The van der Waals surface area contributed by atoms with Gasteiger partial charge < -0.3 is 5.32 Å². The minimum Gasteiger partial charge on any atom is -0.316 e. The lowest BCUT2D eigenvalue weighted by atomic mass is 10.3. The minimum atomic E-state index is 0.881. The lowest BCUT2D eigenvalue weighted by Gasteiger charge is -1.92. The van der Waals surface area contributed by atoms with Gasteiger partial charge in [0, 0.05) is 19.2 Å². The second kappa shape index (κ2) is 5.39. The molecule has 1 aromatic rings. The fourth-order valence-corrected chi connectivity index (χ4v) is 0.811. The van der Waals surface area contributed by atoms with Crippen molar-refractivity contribution >= 4 is 0 Å². The molecule has 0 aliphatic rings. The molecule has 0 bridgehead atoms. The molecule has 0 radical (unpaired) electrons.